The highest BCUT2D eigenvalue weighted by molar-refractivity contribution is 5.76. The fraction of sp³-hybridized carbons (Fsp3) is 0.900. The third-order valence-electron chi connectivity index (χ3n) is 4.37. The number of hydrogen-bond acceptors (Lipinski definition) is 0. The lowest BCUT2D eigenvalue weighted by Crippen LogP contribution is -2.52. The molecule has 0 unspecified atom stereocenters. The second-order valence-electron chi connectivity index (χ2n) is 7.86. The van der Waals surface area contributed by atoms with Crippen LogP contribution in [0.15, 0.2) is 0 Å². The Morgan fingerprint density at radius 3 is 1.08 bits per heavy atom. The topological polar surface area (TPSA) is 19.0 Å². The molecule has 6 nitrogen and oxygen atoms in total. The molecule has 154 valence electrons. The molecule has 0 aliphatic heterocycles. The van der Waals surface area contributed by atoms with Gasteiger partial charge in [0.15, 0.2) is 0 Å². The highest BCUT2D eigenvalue weighted by atomic mass is 15.4. The molecule has 0 bridgehead atoms. The van der Waals surface area contributed by atoms with Crippen molar-refractivity contribution in [3.05, 3.63) is 0 Å². The van der Waals surface area contributed by atoms with E-state index in [9.17, 15) is 0 Å². The largest absolute Gasteiger partial charge is 0.349 e. The van der Waals surface area contributed by atoms with Gasteiger partial charge >= 0.3 is 11.9 Å². The third kappa shape index (κ3) is 8.28. The fourth-order valence-corrected chi connectivity index (χ4v) is 3.49. The molecule has 6 heteroatoms. The SMILES string of the molecule is CCCCN(CCN(CCCC)C(N(C)C)=[N+](C)C)C(N(C)C)=[N+](C)C. The second kappa shape index (κ2) is 12.8. The molecule has 0 atom stereocenters. The van der Waals surface area contributed by atoms with Gasteiger partial charge in [0, 0.05) is 0 Å². The number of rotatable bonds is 9. The van der Waals surface area contributed by atoms with E-state index in [1.807, 2.05) is 0 Å². The van der Waals surface area contributed by atoms with E-state index < -0.39 is 0 Å². The van der Waals surface area contributed by atoms with Gasteiger partial charge in [-0.25, -0.2) is 0 Å². The zero-order valence-corrected chi connectivity index (χ0v) is 19.3. The molecule has 0 amide bonds. The second-order valence-corrected chi connectivity index (χ2v) is 7.86. The summed E-state index contributed by atoms with van der Waals surface area (Å²) >= 11 is 0. The van der Waals surface area contributed by atoms with Crippen LogP contribution in [0.4, 0.5) is 0 Å². The van der Waals surface area contributed by atoms with Gasteiger partial charge in [-0.05, 0) is 12.8 Å². The lowest BCUT2D eigenvalue weighted by Gasteiger charge is -2.29. The van der Waals surface area contributed by atoms with Gasteiger partial charge in [0.1, 0.15) is 0 Å². The van der Waals surface area contributed by atoms with Crippen LogP contribution in [-0.4, -0.2) is 123 Å². The van der Waals surface area contributed by atoms with Gasteiger partial charge in [-0.1, -0.05) is 26.7 Å². The molecule has 0 radical (unpaired) electrons. The molecule has 0 heterocycles. The van der Waals surface area contributed by atoms with E-state index in [-0.39, 0.29) is 0 Å². The first-order valence-corrected chi connectivity index (χ1v) is 10.1. The third-order valence-corrected chi connectivity index (χ3v) is 4.37. The van der Waals surface area contributed by atoms with Crippen molar-refractivity contribution in [3.8, 4) is 0 Å². The van der Waals surface area contributed by atoms with Crippen molar-refractivity contribution in [1.82, 2.24) is 19.6 Å². The molecule has 0 aromatic rings. The number of nitrogens with zero attached hydrogens (tertiary/aromatic N) is 6. The molecule has 0 saturated carbocycles. The molecule has 0 fully saturated rings. The Morgan fingerprint density at radius 2 is 0.885 bits per heavy atom. The zero-order valence-electron chi connectivity index (χ0n) is 19.3. The van der Waals surface area contributed by atoms with E-state index in [2.05, 4.69) is 99.0 Å². The van der Waals surface area contributed by atoms with Crippen LogP contribution in [0, 0.1) is 0 Å². The standard InChI is InChI=1S/C20H46N6/c1-11-13-15-25(19(21(3)4)22(5)6)17-18-26(16-14-12-2)20(23(7)8)24(9)10/h11-18H2,1-10H3/q+2. The van der Waals surface area contributed by atoms with Gasteiger partial charge in [0.2, 0.25) is 0 Å². The molecule has 0 spiro atoms. The lowest BCUT2D eigenvalue weighted by molar-refractivity contribution is -0.477. The van der Waals surface area contributed by atoms with Gasteiger partial charge in [-0.15, -0.1) is 0 Å². The minimum Gasteiger partial charge on any atom is -0.270 e. The van der Waals surface area contributed by atoms with E-state index in [4.69, 9.17) is 0 Å². The molecule has 0 saturated heterocycles. The van der Waals surface area contributed by atoms with Gasteiger partial charge in [0.25, 0.3) is 0 Å². The molecular formula is C20H46N6+2. The maximum atomic E-state index is 2.53. The first-order valence-electron chi connectivity index (χ1n) is 10.1. The predicted octanol–water partition coefficient (Wildman–Crippen LogP) is 1.57. The van der Waals surface area contributed by atoms with Crippen LogP contribution in [0.2, 0.25) is 0 Å². The molecular weight excluding hydrogens is 324 g/mol. The smallest absolute Gasteiger partial charge is 0.270 e. The van der Waals surface area contributed by atoms with E-state index in [1.165, 1.54) is 37.6 Å². The Hall–Kier alpha value is -1.46. The minimum absolute atomic E-state index is 1.03. The Labute approximate surface area is 163 Å². The highest BCUT2D eigenvalue weighted by Crippen LogP contribution is 2.04. The monoisotopic (exact) mass is 370 g/mol. The van der Waals surface area contributed by atoms with E-state index in [0.29, 0.717) is 0 Å². The first kappa shape index (κ1) is 24.5. The summed E-state index contributed by atoms with van der Waals surface area (Å²) in [6.45, 7) is 8.79. The van der Waals surface area contributed by atoms with Gasteiger partial charge in [-0.3, -0.25) is 28.8 Å². The molecule has 26 heavy (non-hydrogen) atoms. The molecule has 0 aromatic heterocycles. The molecule has 0 aliphatic carbocycles. The van der Waals surface area contributed by atoms with Crippen molar-refractivity contribution in [2.24, 2.45) is 0 Å². The molecule has 0 rings (SSSR count). The normalized spacial score (nSPS) is 10.4. The van der Waals surface area contributed by atoms with Crippen molar-refractivity contribution in [2.75, 3.05) is 82.6 Å². The maximum absolute atomic E-state index is 2.53. The van der Waals surface area contributed by atoms with Crippen molar-refractivity contribution < 1.29 is 9.15 Å². The minimum atomic E-state index is 1.03. The average molecular weight is 371 g/mol. The molecule has 0 aromatic carbocycles. The van der Waals surface area contributed by atoms with Gasteiger partial charge in [-0.2, -0.15) is 0 Å². The summed E-state index contributed by atoms with van der Waals surface area (Å²) < 4.78 is 4.46. The lowest BCUT2D eigenvalue weighted by atomic mass is 10.3. The van der Waals surface area contributed by atoms with Crippen molar-refractivity contribution in [2.45, 2.75) is 39.5 Å². The molecule has 0 N–H and O–H groups in total. The van der Waals surface area contributed by atoms with Crippen molar-refractivity contribution in [3.63, 3.8) is 0 Å². The molecule has 0 aliphatic rings. The van der Waals surface area contributed by atoms with Crippen molar-refractivity contribution in [1.29, 1.82) is 0 Å². The number of guanidine groups is 2. The quantitative estimate of drug-likeness (QED) is 0.348. The summed E-state index contributed by atoms with van der Waals surface area (Å²) in [7, 11) is 17.1. The van der Waals surface area contributed by atoms with Crippen LogP contribution in [0.5, 0.6) is 0 Å². The van der Waals surface area contributed by atoms with E-state index in [0.717, 1.165) is 26.2 Å². The van der Waals surface area contributed by atoms with Gasteiger partial charge in [0.05, 0.1) is 82.6 Å². The van der Waals surface area contributed by atoms with Crippen LogP contribution in [0.25, 0.3) is 0 Å². The summed E-state index contributed by atoms with van der Waals surface area (Å²) in [6, 6.07) is 0. The summed E-state index contributed by atoms with van der Waals surface area (Å²) in [4.78, 5) is 9.53. The first-order chi connectivity index (χ1) is 12.2. The van der Waals surface area contributed by atoms with Crippen LogP contribution >= 0.6 is 0 Å². The Morgan fingerprint density at radius 1 is 0.577 bits per heavy atom. The van der Waals surface area contributed by atoms with E-state index in [1.54, 1.807) is 0 Å². The highest BCUT2D eigenvalue weighted by Gasteiger charge is 2.27. The average Bonchev–Trinajstić information content (AvgIpc) is 2.52. The van der Waals surface area contributed by atoms with Crippen LogP contribution in [0.1, 0.15) is 39.5 Å². The predicted molar refractivity (Wildman–Crippen MR) is 115 cm³/mol. The Bertz CT molecular complexity index is 403. The van der Waals surface area contributed by atoms with Crippen LogP contribution in [-0.2, 0) is 0 Å². The number of hydrogen-bond donors (Lipinski definition) is 0. The fourth-order valence-electron chi connectivity index (χ4n) is 3.49. The summed E-state index contributed by atoms with van der Waals surface area (Å²) in [6.07, 6.45) is 4.88. The van der Waals surface area contributed by atoms with E-state index >= 15 is 0 Å². The van der Waals surface area contributed by atoms with Gasteiger partial charge < -0.3 is 0 Å². The number of unbranched alkanes of at least 4 members (excludes halogenated alkanes) is 2. The summed E-state index contributed by atoms with van der Waals surface area (Å²) in [5.41, 5.74) is 0. The Balaban J connectivity index is 5.45. The Kier molecular flexibility index (Phi) is 12.1. The van der Waals surface area contributed by atoms with Crippen LogP contribution < -0.4 is 0 Å². The maximum Gasteiger partial charge on any atom is 0.349 e. The van der Waals surface area contributed by atoms with Crippen LogP contribution in [0.3, 0.4) is 0 Å². The van der Waals surface area contributed by atoms with Crippen molar-refractivity contribution >= 4 is 11.9 Å². The zero-order chi connectivity index (χ0) is 20.3. The summed E-state index contributed by atoms with van der Waals surface area (Å²) in [5.74, 6) is 2.57. The summed E-state index contributed by atoms with van der Waals surface area (Å²) in [5, 5.41) is 0.